The maximum atomic E-state index is 5.40. The van der Waals surface area contributed by atoms with E-state index in [1.54, 1.807) is 7.11 Å². The lowest BCUT2D eigenvalue weighted by Crippen LogP contribution is -2.34. The first-order valence-electron chi connectivity index (χ1n) is 6.95. The molecule has 0 aromatic heterocycles. The Hall–Kier alpha value is -1.02. The Bertz CT molecular complexity index is 416. The highest BCUT2D eigenvalue weighted by Gasteiger charge is 2.29. The van der Waals surface area contributed by atoms with Gasteiger partial charge in [0, 0.05) is 6.54 Å². The fourth-order valence-electron chi connectivity index (χ4n) is 2.83. The van der Waals surface area contributed by atoms with Gasteiger partial charge in [0.15, 0.2) is 0 Å². The minimum Gasteiger partial charge on any atom is -0.497 e. The van der Waals surface area contributed by atoms with Crippen LogP contribution < -0.4 is 4.74 Å². The van der Waals surface area contributed by atoms with Gasteiger partial charge in [-0.05, 0) is 61.5 Å². The Morgan fingerprint density at radius 3 is 2.78 bits per heavy atom. The van der Waals surface area contributed by atoms with Crippen LogP contribution in [0.5, 0.6) is 5.75 Å². The van der Waals surface area contributed by atoms with Crippen molar-refractivity contribution in [3.63, 3.8) is 0 Å². The molecule has 0 saturated carbocycles. The number of benzene rings is 1. The summed E-state index contributed by atoms with van der Waals surface area (Å²) in [7, 11) is 3.98. The van der Waals surface area contributed by atoms with Gasteiger partial charge in [-0.3, -0.25) is 0 Å². The van der Waals surface area contributed by atoms with Crippen molar-refractivity contribution in [3.05, 3.63) is 29.3 Å². The molecule has 2 nitrogen and oxygen atoms in total. The van der Waals surface area contributed by atoms with Crippen LogP contribution in [0.1, 0.15) is 37.8 Å². The van der Waals surface area contributed by atoms with Gasteiger partial charge in [-0.25, -0.2) is 0 Å². The van der Waals surface area contributed by atoms with Crippen molar-refractivity contribution in [3.8, 4) is 5.75 Å². The summed E-state index contributed by atoms with van der Waals surface area (Å²) in [5.41, 5.74) is 3.27. The average Bonchev–Trinajstić information content (AvgIpc) is 2.41. The van der Waals surface area contributed by atoms with E-state index in [9.17, 15) is 0 Å². The Labute approximate surface area is 111 Å². The van der Waals surface area contributed by atoms with E-state index in [1.165, 1.54) is 30.5 Å². The van der Waals surface area contributed by atoms with Crippen molar-refractivity contribution in [1.82, 2.24) is 4.90 Å². The highest BCUT2D eigenvalue weighted by molar-refractivity contribution is 5.41. The summed E-state index contributed by atoms with van der Waals surface area (Å²) in [6.07, 6.45) is 3.55. The maximum Gasteiger partial charge on any atom is 0.119 e. The molecule has 18 heavy (non-hydrogen) atoms. The molecule has 100 valence electrons. The predicted octanol–water partition coefficient (Wildman–Crippen LogP) is 3.24. The van der Waals surface area contributed by atoms with Crippen LogP contribution in [-0.4, -0.2) is 32.1 Å². The monoisotopic (exact) mass is 247 g/mol. The second-order valence-electron chi connectivity index (χ2n) is 5.74. The van der Waals surface area contributed by atoms with Crippen LogP contribution in [-0.2, 0) is 11.8 Å². The molecule has 0 fully saturated rings. The Morgan fingerprint density at radius 2 is 2.11 bits per heavy atom. The second-order valence-corrected chi connectivity index (χ2v) is 5.74. The molecule has 1 aromatic rings. The van der Waals surface area contributed by atoms with Crippen molar-refractivity contribution < 1.29 is 4.74 Å². The molecule has 0 radical (unpaired) electrons. The van der Waals surface area contributed by atoms with Crippen molar-refractivity contribution in [2.24, 2.45) is 0 Å². The third kappa shape index (κ3) is 2.54. The summed E-state index contributed by atoms with van der Waals surface area (Å²) in [6, 6.07) is 6.60. The number of methoxy groups -OCH3 is 1. The summed E-state index contributed by atoms with van der Waals surface area (Å²) in [6.45, 7) is 7.02. The van der Waals surface area contributed by atoms with E-state index in [1.807, 2.05) is 0 Å². The average molecular weight is 247 g/mol. The van der Waals surface area contributed by atoms with Gasteiger partial charge < -0.3 is 9.64 Å². The summed E-state index contributed by atoms with van der Waals surface area (Å²) < 4.78 is 5.40. The molecule has 0 amide bonds. The van der Waals surface area contributed by atoms with Gasteiger partial charge in [0.05, 0.1) is 7.11 Å². The van der Waals surface area contributed by atoms with E-state index in [0.29, 0.717) is 0 Å². The summed E-state index contributed by atoms with van der Waals surface area (Å²) in [4.78, 5) is 2.45. The highest BCUT2D eigenvalue weighted by atomic mass is 16.5. The normalized spacial score (nSPS) is 25.1. The van der Waals surface area contributed by atoms with Gasteiger partial charge >= 0.3 is 0 Å². The van der Waals surface area contributed by atoms with Gasteiger partial charge in [-0.2, -0.15) is 0 Å². The molecule has 1 aliphatic heterocycles. The number of fused-ring (bicyclic) bond motifs is 1. The number of hydrogen-bond acceptors (Lipinski definition) is 2. The lowest BCUT2D eigenvalue weighted by molar-refractivity contribution is 0.271. The maximum absolute atomic E-state index is 5.40. The van der Waals surface area contributed by atoms with E-state index in [0.717, 1.165) is 18.7 Å². The topological polar surface area (TPSA) is 12.5 Å². The van der Waals surface area contributed by atoms with E-state index in [4.69, 9.17) is 4.74 Å². The minimum atomic E-state index is 0.276. The molecule has 0 N–H and O–H groups in total. The zero-order valence-corrected chi connectivity index (χ0v) is 12.1. The van der Waals surface area contributed by atoms with Crippen LogP contribution in [0, 0.1) is 0 Å². The molecule has 1 heterocycles. The molecular weight excluding hydrogens is 222 g/mol. The summed E-state index contributed by atoms with van der Waals surface area (Å²) >= 11 is 0. The lowest BCUT2D eigenvalue weighted by atomic mass is 9.74. The minimum absolute atomic E-state index is 0.276. The van der Waals surface area contributed by atoms with E-state index < -0.39 is 0 Å². The molecule has 0 spiro atoms. The van der Waals surface area contributed by atoms with Crippen molar-refractivity contribution in [2.75, 3.05) is 27.2 Å². The van der Waals surface area contributed by atoms with Crippen LogP contribution in [0.4, 0.5) is 0 Å². The Balaban J connectivity index is 2.46. The molecule has 1 aliphatic rings. The van der Waals surface area contributed by atoms with Crippen molar-refractivity contribution >= 4 is 0 Å². The molecule has 2 heteroatoms. The van der Waals surface area contributed by atoms with Gasteiger partial charge in [0.1, 0.15) is 5.75 Å². The molecule has 0 aliphatic carbocycles. The zero-order valence-electron chi connectivity index (χ0n) is 12.1. The lowest BCUT2D eigenvalue weighted by Gasteiger charge is -2.36. The van der Waals surface area contributed by atoms with Gasteiger partial charge in [-0.15, -0.1) is 0 Å². The van der Waals surface area contributed by atoms with Crippen LogP contribution in [0.3, 0.4) is 0 Å². The number of ether oxygens (including phenoxy) is 1. The fraction of sp³-hybridized carbons (Fsp3) is 0.625. The quantitative estimate of drug-likeness (QED) is 0.795. The summed E-state index contributed by atoms with van der Waals surface area (Å²) in [5, 5.41) is 0. The van der Waals surface area contributed by atoms with E-state index >= 15 is 0 Å². The number of likely N-dealkylation sites (N-methyl/N-ethyl adjacent to an activating group) is 1. The van der Waals surface area contributed by atoms with Gasteiger partial charge in [-0.1, -0.05) is 19.9 Å². The van der Waals surface area contributed by atoms with E-state index in [-0.39, 0.29) is 5.41 Å². The van der Waals surface area contributed by atoms with E-state index in [2.05, 4.69) is 44.0 Å². The smallest absolute Gasteiger partial charge is 0.119 e. The van der Waals surface area contributed by atoms with Crippen molar-refractivity contribution in [2.45, 2.75) is 38.5 Å². The number of rotatable bonds is 2. The zero-order chi connectivity index (χ0) is 13.2. The summed E-state index contributed by atoms with van der Waals surface area (Å²) in [5.74, 6) is 0.988. The third-order valence-electron chi connectivity index (χ3n) is 4.56. The third-order valence-corrected chi connectivity index (χ3v) is 4.56. The molecule has 0 saturated heterocycles. The number of hydrogen-bond donors (Lipinski definition) is 0. The second kappa shape index (κ2) is 5.31. The Morgan fingerprint density at radius 1 is 1.33 bits per heavy atom. The molecule has 0 bridgehead atoms. The SMILES string of the molecule is CCC1(C)CCN(C)CCc2ccc(OC)cc21. The predicted molar refractivity (Wildman–Crippen MR) is 76.5 cm³/mol. The van der Waals surface area contributed by atoms with Gasteiger partial charge in [0.25, 0.3) is 0 Å². The molecular formula is C16H25NO. The fourth-order valence-corrected chi connectivity index (χ4v) is 2.83. The molecule has 1 unspecified atom stereocenters. The first kappa shape index (κ1) is 13.4. The van der Waals surface area contributed by atoms with Crippen LogP contribution in [0.15, 0.2) is 18.2 Å². The molecule has 2 rings (SSSR count). The largest absolute Gasteiger partial charge is 0.497 e. The molecule has 1 atom stereocenters. The first-order chi connectivity index (χ1) is 8.59. The van der Waals surface area contributed by atoms with Crippen LogP contribution in [0.25, 0.3) is 0 Å². The number of nitrogens with zero attached hydrogens (tertiary/aromatic N) is 1. The van der Waals surface area contributed by atoms with Gasteiger partial charge in [0.2, 0.25) is 0 Å². The highest BCUT2D eigenvalue weighted by Crippen LogP contribution is 2.37. The Kier molecular flexibility index (Phi) is 3.96. The molecule has 1 aromatic carbocycles. The van der Waals surface area contributed by atoms with Crippen LogP contribution >= 0.6 is 0 Å². The van der Waals surface area contributed by atoms with Crippen LogP contribution in [0.2, 0.25) is 0 Å². The van der Waals surface area contributed by atoms with Crippen molar-refractivity contribution in [1.29, 1.82) is 0 Å². The first-order valence-corrected chi connectivity index (χ1v) is 6.95. The standard InChI is InChI=1S/C16H25NO/c1-5-16(2)9-11-17(3)10-8-13-6-7-14(18-4)12-15(13)16/h6-7,12H,5,8-11H2,1-4H3.